The maximum absolute atomic E-state index is 11.3. The minimum Gasteiger partial charge on any atom is -0.480 e. The molecule has 1 aliphatic rings. The summed E-state index contributed by atoms with van der Waals surface area (Å²) in [5.41, 5.74) is 1.73. The van der Waals surface area contributed by atoms with E-state index in [0.717, 1.165) is 17.9 Å². The molecular weight excluding hydrogens is 238 g/mol. The summed E-state index contributed by atoms with van der Waals surface area (Å²) in [7, 11) is 0. The fraction of sp³-hybridized carbons (Fsp3) is 0.562. The van der Waals surface area contributed by atoms with Crippen LogP contribution in [0.15, 0.2) is 24.3 Å². The monoisotopic (exact) mass is 261 g/mol. The van der Waals surface area contributed by atoms with Gasteiger partial charge in [-0.3, -0.25) is 10.1 Å². The van der Waals surface area contributed by atoms with Gasteiger partial charge in [-0.1, -0.05) is 37.6 Å². The number of carbonyl (C=O) groups is 1. The van der Waals surface area contributed by atoms with Crippen LogP contribution < -0.4 is 5.32 Å². The van der Waals surface area contributed by atoms with Gasteiger partial charge in [0.25, 0.3) is 0 Å². The van der Waals surface area contributed by atoms with Crippen molar-refractivity contribution in [3.8, 4) is 0 Å². The smallest absolute Gasteiger partial charge is 0.323 e. The Hall–Kier alpha value is -1.35. The molecule has 0 amide bonds. The van der Waals surface area contributed by atoms with Crippen LogP contribution in [-0.4, -0.2) is 16.6 Å². The van der Waals surface area contributed by atoms with Gasteiger partial charge < -0.3 is 5.11 Å². The molecule has 0 aromatic heterocycles. The molecule has 104 valence electrons. The molecule has 0 spiro atoms. The number of nitrogens with one attached hydrogen (secondary N) is 1. The summed E-state index contributed by atoms with van der Waals surface area (Å²) in [6, 6.07) is 8.56. The molecule has 19 heavy (non-hydrogen) atoms. The van der Waals surface area contributed by atoms with Gasteiger partial charge >= 0.3 is 5.97 Å². The minimum atomic E-state index is -0.829. The number of carboxylic acid groups (broad SMARTS) is 1. The van der Waals surface area contributed by atoms with Crippen molar-refractivity contribution in [1.29, 1.82) is 0 Å². The van der Waals surface area contributed by atoms with Crippen LogP contribution in [-0.2, 0) is 11.3 Å². The van der Waals surface area contributed by atoms with Crippen LogP contribution in [0.25, 0.3) is 0 Å². The van der Waals surface area contributed by atoms with E-state index in [9.17, 15) is 9.90 Å². The van der Waals surface area contributed by atoms with Gasteiger partial charge in [0.2, 0.25) is 0 Å². The lowest BCUT2D eigenvalue weighted by molar-refractivity contribution is -0.144. The number of hydrogen-bond acceptors (Lipinski definition) is 2. The Morgan fingerprint density at radius 2 is 2.00 bits per heavy atom. The second-order valence-electron chi connectivity index (χ2n) is 5.76. The maximum Gasteiger partial charge on any atom is 0.323 e. The normalized spacial score (nSPS) is 18.0. The van der Waals surface area contributed by atoms with Crippen molar-refractivity contribution in [3.05, 3.63) is 35.4 Å². The number of benzene rings is 1. The molecular formula is C16H23NO2. The Morgan fingerprint density at radius 1 is 1.37 bits per heavy atom. The minimum absolute atomic E-state index is 0.605. The van der Waals surface area contributed by atoms with Gasteiger partial charge in [0, 0.05) is 6.54 Å². The molecule has 1 saturated carbocycles. The molecule has 1 aliphatic carbocycles. The molecule has 2 rings (SSSR count). The standard InChI is InChI=1S/C16H23NO2/c1-3-10-16(2,15(18)19)17-11-12-4-6-13(7-5-12)14-8-9-14/h4-7,14,17H,3,8-11H2,1-2H3,(H,18,19). The van der Waals surface area contributed by atoms with Gasteiger partial charge in [-0.2, -0.15) is 0 Å². The van der Waals surface area contributed by atoms with Crippen molar-refractivity contribution < 1.29 is 9.90 Å². The average molecular weight is 261 g/mol. The highest BCUT2D eigenvalue weighted by molar-refractivity contribution is 5.78. The van der Waals surface area contributed by atoms with Gasteiger partial charge in [-0.05, 0) is 43.2 Å². The summed E-state index contributed by atoms with van der Waals surface area (Å²) >= 11 is 0. The van der Waals surface area contributed by atoms with E-state index in [0.29, 0.717) is 13.0 Å². The summed E-state index contributed by atoms with van der Waals surface area (Å²) in [4.78, 5) is 11.3. The fourth-order valence-electron chi connectivity index (χ4n) is 2.39. The van der Waals surface area contributed by atoms with Crippen LogP contribution in [0.4, 0.5) is 0 Å². The molecule has 1 atom stereocenters. The largest absolute Gasteiger partial charge is 0.480 e. The van der Waals surface area contributed by atoms with E-state index in [1.54, 1.807) is 6.92 Å². The topological polar surface area (TPSA) is 49.3 Å². The molecule has 2 N–H and O–H groups in total. The second kappa shape index (κ2) is 5.74. The molecule has 0 aliphatic heterocycles. The Labute approximate surface area is 115 Å². The van der Waals surface area contributed by atoms with E-state index in [1.165, 1.54) is 18.4 Å². The van der Waals surface area contributed by atoms with Gasteiger partial charge in [0.05, 0.1) is 0 Å². The summed E-state index contributed by atoms with van der Waals surface area (Å²) in [6.07, 6.45) is 4.12. The molecule has 1 fully saturated rings. The number of carboxylic acids is 1. The first-order valence-electron chi connectivity index (χ1n) is 7.12. The number of hydrogen-bond donors (Lipinski definition) is 2. The van der Waals surface area contributed by atoms with E-state index >= 15 is 0 Å². The molecule has 0 bridgehead atoms. The predicted molar refractivity (Wildman–Crippen MR) is 76.2 cm³/mol. The lowest BCUT2D eigenvalue weighted by atomic mass is 9.96. The van der Waals surface area contributed by atoms with Gasteiger partial charge in [-0.15, -0.1) is 0 Å². The SMILES string of the molecule is CCCC(C)(NCc1ccc(C2CC2)cc1)C(=O)O. The highest BCUT2D eigenvalue weighted by atomic mass is 16.4. The van der Waals surface area contributed by atoms with E-state index in [2.05, 4.69) is 29.6 Å². The molecule has 0 radical (unpaired) electrons. The fourth-order valence-corrected chi connectivity index (χ4v) is 2.39. The van der Waals surface area contributed by atoms with E-state index in [-0.39, 0.29) is 0 Å². The van der Waals surface area contributed by atoms with Gasteiger partial charge in [-0.25, -0.2) is 0 Å². The van der Waals surface area contributed by atoms with Gasteiger partial charge in [0.15, 0.2) is 0 Å². The van der Waals surface area contributed by atoms with Crippen molar-refractivity contribution in [2.24, 2.45) is 0 Å². The van der Waals surface area contributed by atoms with Crippen LogP contribution in [0.3, 0.4) is 0 Å². The van der Waals surface area contributed by atoms with Crippen LogP contribution >= 0.6 is 0 Å². The first-order chi connectivity index (χ1) is 9.05. The third kappa shape index (κ3) is 3.57. The Bertz CT molecular complexity index is 437. The number of aliphatic carboxylic acids is 1. The molecule has 3 nitrogen and oxygen atoms in total. The summed E-state index contributed by atoms with van der Waals surface area (Å²) in [6.45, 7) is 4.37. The quantitative estimate of drug-likeness (QED) is 0.791. The third-order valence-corrected chi connectivity index (χ3v) is 3.93. The summed E-state index contributed by atoms with van der Waals surface area (Å²) < 4.78 is 0. The Morgan fingerprint density at radius 3 is 2.47 bits per heavy atom. The maximum atomic E-state index is 11.3. The molecule has 1 aromatic rings. The lowest BCUT2D eigenvalue weighted by Crippen LogP contribution is -2.48. The average Bonchev–Trinajstić information content (AvgIpc) is 3.21. The first-order valence-corrected chi connectivity index (χ1v) is 7.12. The highest BCUT2D eigenvalue weighted by Crippen LogP contribution is 2.39. The second-order valence-corrected chi connectivity index (χ2v) is 5.76. The predicted octanol–water partition coefficient (Wildman–Crippen LogP) is 3.30. The Balaban J connectivity index is 1.94. The highest BCUT2D eigenvalue weighted by Gasteiger charge is 2.31. The van der Waals surface area contributed by atoms with E-state index in [4.69, 9.17) is 0 Å². The van der Waals surface area contributed by atoms with Crippen LogP contribution in [0, 0.1) is 0 Å². The van der Waals surface area contributed by atoms with Crippen molar-refractivity contribution in [2.75, 3.05) is 0 Å². The van der Waals surface area contributed by atoms with E-state index < -0.39 is 11.5 Å². The van der Waals surface area contributed by atoms with Crippen LogP contribution in [0.1, 0.15) is 56.6 Å². The zero-order valence-electron chi connectivity index (χ0n) is 11.8. The lowest BCUT2D eigenvalue weighted by Gasteiger charge is -2.26. The summed E-state index contributed by atoms with van der Waals surface area (Å²) in [5, 5.41) is 12.5. The zero-order chi connectivity index (χ0) is 13.9. The van der Waals surface area contributed by atoms with Crippen molar-refractivity contribution in [3.63, 3.8) is 0 Å². The Kier molecular flexibility index (Phi) is 4.25. The summed E-state index contributed by atoms with van der Waals surface area (Å²) in [5.74, 6) is -0.00432. The van der Waals surface area contributed by atoms with Crippen molar-refractivity contribution in [2.45, 2.75) is 57.5 Å². The zero-order valence-corrected chi connectivity index (χ0v) is 11.8. The van der Waals surface area contributed by atoms with E-state index in [1.807, 2.05) is 6.92 Å². The van der Waals surface area contributed by atoms with Crippen LogP contribution in [0.5, 0.6) is 0 Å². The molecule has 0 saturated heterocycles. The molecule has 1 aromatic carbocycles. The number of rotatable bonds is 7. The molecule has 1 unspecified atom stereocenters. The van der Waals surface area contributed by atoms with Crippen molar-refractivity contribution >= 4 is 5.97 Å². The molecule has 3 heteroatoms. The van der Waals surface area contributed by atoms with Crippen molar-refractivity contribution in [1.82, 2.24) is 5.32 Å². The van der Waals surface area contributed by atoms with Gasteiger partial charge in [0.1, 0.15) is 5.54 Å². The van der Waals surface area contributed by atoms with Crippen LogP contribution in [0.2, 0.25) is 0 Å². The third-order valence-electron chi connectivity index (χ3n) is 3.93. The first kappa shape index (κ1) is 14.1. The molecule has 0 heterocycles.